The van der Waals surface area contributed by atoms with Gasteiger partial charge in [-0.05, 0) is 25.0 Å². The quantitative estimate of drug-likeness (QED) is 0.721. The van der Waals surface area contributed by atoms with Gasteiger partial charge in [0.1, 0.15) is 17.6 Å². The van der Waals surface area contributed by atoms with Gasteiger partial charge in [0.25, 0.3) is 0 Å². The van der Waals surface area contributed by atoms with Crippen LogP contribution >= 0.6 is 0 Å². The van der Waals surface area contributed by atoms with Crippen LogP contribution in [0.4, 0.5) is 5.82 Å². The molecular formula is C17H13N5. The number of fused-ring (bicyclic) bond motifs is 3. The molecule has 2 N–H and O–H groups in total. The first-order valence-corrected chi connectivity index (χ1v) is 7.41. The number of hydrogen-bond donors (Lipinski definition) is 2. The minimum Gasteiger partial charge on any atom is -0.369 e. The molecule has 22 heavy (non-hydrogen) atoms. The van der Waals surface area contributed by atoms with E-state index in [1.165, 1.54) is 18.4 Å². The number of nitrogens with zero attached hydrogens (tertiary/aromatic N) is 3. The highest BCUT2D eigenvalue weighted by Crippen LogP contribution is 2.54. The molecule has 3 aromatic rings. The lowest BCUT2D eigenvalue weighted by atomic mass is 9.97. The third-order valence-electron chi connectivity index (χ3n) is 4.90. The maximum absolute atomic E-state index is 9.06. The van der Waals surface area contributed by atoms with E-state index in [0.29, 0.717) is 11.1 Å². The maximum Gasteiger partial charge on any atom is 0.141 e. The van der Waals surface area contributed by atoms with Crippen molar-refractivity contribution in [3.05, 3.63) is 42.0 Å². The van der Waals surface area contributed by atoms with Crippen LogP contribution in [0.5, 0.6) is 0 Å². The van der Waals surface area contributed by atoms with E-state index in [1.54, 1.807) is 6.20 Å². The number of hydrogen-bond acceptors (Lipinski definition) is 4. The number of nitriles is 1. The zero-order chi connectivity index (χ0) is 14.7. The lowest BCUT2D eigenvalue weighted by Crippen LogP contribution is -2.08. The summed E-state index contributed by atoms with van der Waals surface area (Å²) >= 11 is 0. The second kappa shape index (κ2) is 3.86. The molecule has 0 saturated heterocycles. The van der Waals surface area contributed by atoms with Gasteiger partial charge < -0.3 is 10.3 Å². The van der Waals surface area contributed by atoms with Crippen LogP contribution in [0.1, 0.15) is 24.1 Å². The summed E-state index contributed by atoms with van der Waals surface area (Å²) in [7, 11) is 0. The average Bonchev–Trinajstić information content (AvgIpc) is 3.09. The van der Waals surface area contributed by atoms with Gasteiger partial charge in [-0.15, -0.1) is 0 Å². The van der Waals surface area contributed by atoms with Gasteiger partial charge in [-0.3, -0.25) is 0 Å². The predicted octanol–water partition coefficient (Wildman–Crippen LogP) is 2.95. The number of rotatable bonds is 1. The zero-order valence-electron chi connectivity index (χ0n) is 11.8. The molecule has 5 rings (SSSR count). The number of pyridine rings is 2. The Kier molecular flexibility index (Phi) is 2.06. The predicted molar refractivity (Wildman–Crippen MR) is 83.4 cm³/mol. The molecule has 0 amide bonds. The van der Waals surface area contributed by atoms with Crippen molar-refractivity contribution in [2.45, 2.75) is 18.3 Å². The largest absolute Gasteiger partial charge is 0.369 e. The summed E-state index contributed by atoms with van der Waals surface area (Å²) in [6.07, 6.45) is 8.08. The molecule has 0 atom stereocenters. The highest BCUT2D eigenvalue weighted by Gasteiger charge is 2.49. The Morgan fingerprint density at radius 2 is 2.09 bits per heavy atom. The SMILES string of the molecule is N#Cc1cc2c(-c3cnc4c(c3)C3(CC3)CN4)c[nH]c2cn1. The highest BCUT2D eigenvalue weighted by atomic mass is 15.0. The zero-order valence-corrected chi connectivity index (χ0v) is 11.8. The molecule has 0 radical (unpaired) electrons. The summed E-state index contributed by atoms with van der Waals surface area (Å²) in [5, 5.41) is 13.5. The number of nitrogens with one attached hydrogen (secondary N) is 2. The highest BCUT2D eigenvalue weighted by molar-refractivity contribution is 5.95. The number of aromatic amines is 1. The van der Waals surface area contributed by atoms with E-state index >= 15 is 0 Å². The van der Waals surface area contributed by atoms with Gasteiger partial charge in [-0.25, -0.2) is 9.97 Å². The number of aromatic nitrogens is 3. The van der Waals surface area contributed by atoms with E-state index in [4.69, 9.17) is 5.26 Å². The standard InChI is InChI=1S/C17H13N5/c18-5-11-4-12-13(7-20-15(12)8-19-11)10-3-14-16(21-6-10)22-9-17(14)1-2-17/h3-4,6-8,20H,1-2,9H2,(H,21,22). The Morgan fingerprint density at radius 1 is 1.18 bits per heavy atom. The van der Waals surface area contributed by atoms with Crippen LogP contribution in [-0.2, 0) is 5.41 Å². The Hall–Kier alpha value is -2.87. The minimum absolute atomic E-state index is 0.323. The van der Waals surface area contributed by atoms with Crippen LogP contribution in [0.15, 0.2) is 30.7 Å². The third kappa shape index (κ3) is 1.47. The molecule has 5 nitrogen and oxygen atoms in total. The first kappa shape index (κ1) is 11.8. The van der Waals surface area contributed by atoms with Crippen LogP contribution < -0.4 is 5.32 Å². The van der Waals surface area contributed by atoms with Crippen molar-refractivity contribution in [2.75, 3.05) is 11.9 Å². The molecular weight excluding hydrogens is 274 g/mol. The summed E-state index contributed by atoms with van der Waals surface area (Å²) < 4.78 is 0. The van der Waals surface area contributed by atoms with Crippen molar-refractivity contribution in [2.24, 2.45) is 0 Å². The maximum atomic E-state index is 9.06. The van der Waals surface area contributed by atoms with Crippen molar-refractivity contribution < 1.29 is 0 Å². The summed E-state index contributed by atoms with van der Waals surface area (Å²) in [6.45, 7) is 1.01. The van der Waals surface area contributed by atoms with E-state index in [9.17, 15) is 0 Å². The van der Waals surface area contributed by atoms with Crippen molar-refractivity contribution >= 4 is 16.7 Å². The van der Waals surface area contributed by atoms with Crippen LogP contribution in [-0.4, -0.2) is 21.5 Å². The molecule has 106 valence electrons. The normalized spacial score (nSPS) is 17.2. The Morgan fingerprint density at radius 3 is 2.91 bits per heavy atom. The van der Waals surface area contributed by atoms with Crippen LogP contribution in [0, 0.1) is 11.3 Å². The molecule has 1 fully saturated rings. The fourth-order valence-electron chi connectivity index (χ4n) is 3.42. The summed E-state index contributed by atoms with van der Waals surface area (Å²) in [4.78, 5) is 11.9. The molecule has 0 bridgehead atoms. The second-order valence-electron chi connectivity index (χ2n) is 6.18. The monoisotopic (exact) mass is 287 g/mol. The minimum atomic E-state index is 0.323. The van der Waals surface area contributed by atoms with E-state index < -0.39 is 0 Å². The van der Waals surface area contributed by atoms with E-state index in [-0.39, 0.29) is 0 Å². The molecule has 0 unspecified atom stereocenters. The summed E-state index contributed by atoms with van der Waals surface area (Å²) in [5.74, 6) is 1.03. The molecule has 0 aromatic carbocycles. The lowest BCUT2D eigenvalue weighted by Gasteiger charge is -2.07. The summed E-state index contributed by atoms with van der Waals surface area (Å²) in [5.41, 5.74) is 5.21. The topological polar surface area (TPSA) is 77.4 Å². The smallest absolute Gasteiger partial charge is 0.141 e. The first-order valence-electron chi connectivity index (χ1n) is 7.41. The van der Waals surface area contributed by atoms with Crippen molar-refractivity contribution in [3.63, 3.8) is 0 Å². The average molecular weight is 287 g/mol. The Labute approximate surface area is 127 Å². The van der Waals surface area contributed by atoms with Crippen molar-refractivity contribution in [1.29, 1.82) is 5.26 Å². The fourth-order valence-corrected chi connectivity index (χ4v) is 3.42. The molecule has 1 saturated carbocycles. The van der Waals surface area contributed by atoms with Crippen molar-refractivity contribution in [1.82, 2.24) is 15.0 Å². The molecule has 1 spiro atoms. The number of H-pyrrole nitrogens is 1. The Balaban J connectivity index is 1.71. The Bertz CT molecular complexity index is 959. The molecule has 1 aliphatic carbocycles. The van der Waals surface area contributed by atoms with Gasteiger partial charge in [-0.1, -0.05) is 0 Å². The molecule has 4 heterocycles. The van der Waals surface area contributed by atoms with Crippen molar-refractivity contribution in [3.8, 4) is 17.2 Å². The molecule has 2 aliphatic rings. The van der Waals surface area contributed by atoms with E-state index in [2.05, 4.69) is 32.4 Å². The van der Waals surface area contributed by atoms with Gasteiger partial charge in [0.2, 0.25) is 0 Å². The molecule has 3 aromatic heterocycles. The molecule has 1 aliphatic heterocycles. The van der Waals surface area contributed by atoms with Crippen LogP contribution in [0.2, 0.25) is 0 Å². The fraction of sp³-hybridized carbons (Fsp3) is 0.235. The van der Waals surface area contributed by atoms with Gasteiger partial charge in [-0.2, -0.15) is 5.26 Å². The van der Waals surface area contributed by atoms with E-state index in [1.807, 2.05) is 18.5 Å². The lowest BCUT2D eigenvalue weighted by molar-refractivity contribution is 0.778. The van der Waals surface area contributed by atoms with E-state index in [0.717, 1.165) is 34.4 Å². The van der Waals surface area contributed by atoms with Crippen LogP contribution in [0.3, 0.4) is 0 Å². The van der Waals surface area contributed by atoms with Gasteiger partial charge >= 0.3 is 0 Å². The van der Waals surface area contributed by atoms with Gasteiger partial charge in [0, 0.05) is 46.4 Å². The van der Waals surface area contributed by atoms with Gasteiger partial charge in [0.15, 0.2) is 0 Å². The first-order chi connectivity index (χ1) is 10.8. The third-order valence-corrected chi connectivity index (χ3v) is 4.90. The van der Waals surface area contributed by atoms with Gasteiger partial charge in [0.05, 0.1) is 11.7 Å². The second-order valence-corrected chi connectivity index (χ2v) is 6.18. The molecule has 5 heteroatoms. The summed E-state index contributed by atoms with van der Waals surface area (Å²) in [6, 6.07) is 6.19. The van der Waals surface area contributed by atoms with Crippen LogP contribution in [0.25, 0.3) is 22.0 Å². The number of anilines is 1.